The van der Waals surface area contributed by atoms with Crippen molar-refractivity contribution in [3.8, 4) is 0 Å². The van der Waals surface area contributed by atoms with Gasteiger partial charge < -0.3 is 4.74 Å². The van der Waals surface area contributed by atoms with Crippen LogP contribution in [-0.2, 0) is 4.74 Å². The van der Waals surface area contributed by atoms with Crippen LogP contribution in [0.3, 0.4) is 0 Å². The van der Waals surface area contributed by atoms with Crippen LogP contribution in [0.25, 0.3) is 0 Å². The number of nitrogens with zero attached hydrogens (tertiary/aromatic N) is 1. The molecule has 0 aromatic rings. The second kappa shape index (κ2) is 5.31. The fraction of sp³-hybridized carbons (Fsp3) is 0.826. The van der Waals surface area contributed by atoms with Crippen molar-refractivity contribution in [3.05, 3.63) is 28.2 Å². The molecule has 26 heavy (non-hydrogen) atoms. The van der Waals surface area contributed by atoms with Gasteiger partial charge in [0.05, 0.1) is 18.2 Å². The summed E-state index contributed by atoms with van der Waals surface area (Å²) in [6.07, 6.45) is 15.8. The first-order valence-corrected chi connectivity index (χ1v) is 11.1. The summed E-state index contributed by atoms with van der Waals surface area (Å²) in [6.45, 7) is 3.25. The van der Waals surface area contributed by atoms with Crippen molar-refractivity contribution in [2.24, 2.45) is 40.2 Å². The van der Waals surface area contributed by atoms with E-state index in [1.54, 1.807) is 11.1 Å². The summed E-state index contributed by atoms with van der Waals surface area (Å²) >= 11 is 0. The number of nitroso groups, excluding NO2 is 1. The monoisotopic (exact) mass is 353 g/mol. The van der Waals surface area contributed by atoms with Crippen LogP contribution in [0.5, 0.6) is 0 Å². The highest BCUT2D eigenvalue weighted by Gasteiger charge is 2.68. The molecule has 3 saturated carbocycles. The predicted molar refractivity (Wildman–Crippen MR) is 102 cm³/mol. The number of rotatable bonds is 2. The number of allylic oxidation sites excluding steroid dienone is 1. The van der Waals surface area contributed by atoms with Gasteiger partial charge in [-0.1, -0.05) is 35.4 Å². The van der Waals surface area contributed by atoms with Gasteiger partial charge in [0.15, 0.2) is 0 Å². The molecule has 1 spiro atoms. The minimum absolute atomic E-state index is 0.0511. The lowest BCUT2D eigenvalue weighted by atomic mass is 9.50. The van der Waals surface area contributed by atoms with Crippen molar-refractivity contribution in [1.29, 1.82) is 0 Å². The minimum atomic E-state index is 0.0511. The molecular formula is C23H31NO2. The van der Waals surface area contributed by atoms with Gasteiger partial charge in [0.2, 0.25) is 0 Å². The van der Waals surface area contributed by atoms with E-state index >= 15 is 0 Å². The molecule has 1 aliphatic heterocycles. The molecule has 3 fully saturated rings. The van der Waals surface area contributed by atoms with Crippen LogP contribution in [-0.4, -0.2) is 18.2 Å². The lowest BCUT2D eigenvalue weighted by Crippen LogP contribution is -2.53. The summed E-state index contributed by atoms with van der Waals surface area (Å²) in [5, 5.41) is 3.41. The minimum Gasteiger partial charge on any atom is -0.366 e. The van der Waals surface area contributed by atoms with E-state index < -0.39 is 0 Å². The molecule has 0 bridgehead atoms. The second-order valence-corrected chi connectivity index (χ2v) is 10.0. The third-order valence-electron chi connectivity index (χ3n) is 9.66. The highest BCUT2D eigenvalue weighted by Crippen LogP contribution is 2.73. The fourth-order valence-corrected chi connectivity index (χ4v) is 8.66. The maximum Gasteiger partial charge on any atom is 0.0959 e. The lowest BCUT2D eigenvalue weighted by molar-refractivity contribution is -0.115. The Hall–Kier alpha value is -0.960. The smallest absolute Gasteiger partial charge is 0.0959 e. The van der Waals surface area contributed by atoms with Gasteiger partial charge >= 0.3 is 0 Å². The van der Waals surface area contributed by atoms with E-state index in [-0.39, 0.29) is 11.6 Å². The van der Waals surface area contributed by atoms with Gasteiger partial charge in [-0.25, -0.2) is 0 Å². The summed E-state index contributed by atoms with van der Waals surface area (Å²) in [4.78, 5) is 11.1. The maximum absolute atomic E-state index is 11.1. The average molecular weight is 354 g/mol. The molecule has 0 amide bonds. The molecule has 8 atom stereocenters. The Kier molecular flexibility index (Phi) is 3.27. The Labute approximate surface area is 156 Å². The van der Waals surface area contributed by atoms with Crippen molar-refractivity contribution in [2.45, 2.75) is 76.4 Å². The summed E-state index contributed by atoms with van der Waals surface area (Å²) in [5.41, 5.74) is 3.92. The van der Waals surface area contributed by atoms with E-state index in [0.717, 1.165) is 55.5 Å². The van der Waals surface area contributed by atoms with Crippen molar-refractivity contribution >= 4 is 0 Å². The van der Waals surface area contributed by atoms with Crippen LogP contribution in [0.2, 0.25) is 0 Å². The van der Waals surface area contributed by atoms with Gasteiger partial charge in [-0.3, -0.25) is 0 Å². The Bertz CT molecular complexity index is 711. The summed E-state index contributed by atoms with van der Waals surface area (Å²) in [5.74, 6) is 4.26. The molecule has 140 valence electrons. The van der Waals surface area contributed by atoms with Crippen molar-refractivity contribution in [3.63, 3.8) is 0 Å². The van der Waals surface area contributed by atoms with Crippen LogP contribution >= 0.6 is 0 Å². The third kappa shape index (κ3) is 1.79. The Balaban J connectivity index is 1.39. The quantitative estimate of drug-likeness (QED) is 0.492. The van der Waals surface area contributed by atoms with Gasteiger partial charge in [-0.15, -0.1) is 0 Å². The van der Waals surface area contributed by atoms with E-state index in [1.165, 1.54) is 38.5 Å². The van der Waals surface area contributed by atoms with E-state index in [9.17, 15) is 4.91 Å². The Morgan fingerprint density at radius 2 is 2.12 bits per heavy atom. The van der Waals surface area contributed by atoms with Gasteiger partial charge in [0, 0.05) is 5.41 Å². The van der Waals surface area contributed by atoms with Crippen molar-refractivity contribution in [1.82, 2.24) is 0 Å². The van der Waals surface area contributed by atoms with Gasteiger partial charge in [0.25, 0.3) is 0 Å². The lowest BCUT2D eigenvalue weighted by Gasteiger charge is -2.55. The van der Waals surface area contributed by atoms with Crippen molar-refractivity contribution < 1.29 is 4.74 Å². The number of hydrogen-bond acceptors (Lipinski definition) is 3. The standard InChI is InChI=1S/C23H31NO2/c1-2-22-9-6-16-15-5-4-14(24-25)12-17(15)18-13-19(18)21(16)20(22)7-10-23(22)8-3-11-26-23/h3,8,14,16,18-21H,2,4-7,9-13H2,1H3/t14?,16?,18?,19?,20?,21?,22-,23-/m0/s1. The zero-order valence-electron chi connectivity index (χ0n) is 16.0. The fourth-order valence-electron chi connectivity index (χ4n) is 8.66. The number of hydrogen-bond donors (Lipinski definition) is 0. The molecule has 0 aromatic heterocycles. The zero-order chi connectivity index (χ0) is 17.5. The first-order chi connectivity index (χ1) is 12.7. The van der Waals surface area contributed by atoms with Gasteiger partial charge in [0.1, 0.15) is 0 Å². The topological polar surface area (TPSA) is 38.7 Å². The van der Waals surface area contributed by atoms with Gasteiger partial charge in [-0.2, -0.15) is 4.91 Å². The molecule has 6 unspecified atom stereocenters. The summed E-state index contributed by atoms with van der Waals surface area (Å²) in [6, 6.07) is 0.0663. The Morgan fingerprint density at radius 3 is 2.88 bits per heavy atom. The normalized spacial score (nSPS) is 53.9. The molecule has 0 saturated heterocycles. The van der Waals surface area contributed by atoms with E-state index in [0.29, 0.717) is 5.41 Å². The average Bonchev–Trinajstić information content (AvgIpc) is 3.24. The predicted octanol–water partition coefficient (Wildman–Crippen LogP) is 5.41. The van der Waals surface area contributed by atoms with Crippen LogP contribution in [0.15, 0.2) is 28.5 Å². The van der Waals surface area contributed by atoms with Gasteiger partial charge in [-0.05, 0) is 87.4 Å². The van der Waals surface area contributed by atoms with Crippen molar-refractivity contribution in [2.75, 3.05) is 6.61 Å². The summed E-state index contributed by atoms with van der Waals surface area (Å²) in [7, 11) is 0. The van der Waals surface area contributed by atoms with Crippen LogP contribution < -0.4 is 0 Å². The first kappa shape index (κ1) is 16.0. The SMILES string of the molecule is CC[C@]12CCC3C4=C(CC(N=O)CC4)C4CC4C3C1CC[C@@]21C=CCO1. The number of fused-ring (bicyclic) bond motifs is 8. The molecule has 1 heterocycles. The molecule has 0 N–H and O–H groups in total. The largest absolute Gasteiger partial charge is 0.366 e. The van der Waals surface area contributed by atoms with Crippen LogP contribution in [0, 0.1) is 39.9 Å². The second-order valence-electron chi connectivity index (χ2n) is 10.0. The Morgan fingerprint density at radius 1 is 1.19 bits per heavy atom. The number of ether oxygens (including phenoxy) is 1. The van der Waals surface area contributed by atoms with E-state index in [4.69, 9.17) is 4.74 Å². The molecule has 6 aliphatic rings. The molecule has 0 radical (unpaired) electrons. The molecule has 0 aromatic carbocycles. The van der Waals surface area contributed by atoms with E-state index in [2.05, 4.69) is 24.3 Å². The highest BCUT2D eigenvalue weighted by molar-refractivity contribution is 5.37. The van der Waals surface area contributed by atoms with Crippen LogP contribution in [0.4, 0.5) is 0 Å². The van der Waals surface area contributed by atoms with Crippen LogP contribution in [0.1, 0.15) is 64.7 Å². The van der Waals surface area contributed by atoms with E-state index in [1.807, 2.05) is 0 Å². The highest BCUT2D eigenvalue weighted by atomic mass is 16.5. The molecular weight excluding hydrogens is 322 g/mol. The molecule has 5 aliphatic carbocycles. The maximum atomic E-state index is 11.1. The summed E-state index contributed by atoms with van der Waals surface area (Å²) < 4.78 is 6.46. The molecule has 3 nitrogen and oxygen atoms in total. The third-order valence-corrected chi connectivity index (χ3v) is 9.66. The first-order valence-electron chi connectivity index (χ1n) is 11.1. The zero-order valence-corrected chi connectivity index (χ0v) is 16.0. The molecule has 6 rings (SSSR count). The molecule has 3 heteroatoms.